The molecule has 0 atom stereocenters. The lowest BCUT2D eigenvalue weighted by molar-refractivity contribution is 0.601. The third-order valence-corrected chi connectivity index (χ3v) is 3.78. The van der Waals surface area contributed by atoms with Gasteiger partial charge >= 0.3 is 0 Å². The Labute approximate surface area is 97.8 Å². The minimum absolute atomic E-state index is 0.982. The van der Waals surface area contributed by atoms with E-state index in [0.717, 1.165) is 11.3 Å². The number of rotatable bonds is 2. The van der Waals surface area contributed by atoms with Crippen molar-refractivity contribution in [2.24, 2.45) is 0 Å². The molecule has 0 saturated carbocycles. The van der Waals surface area contributed by atoms with Crippen LogP contribution in [0.5, 0.6) is 0 Å². The van der Waals surface area contributed by atoms with E-state index in [-0.39, 0.29) is 0 Å². The molecule has 1 nitrogen and oxygen atoms in total. The first-order valence-corrected chi connectivity index (χ1v) is 9.22. The van der Waals surface area contributed by atoms with Gasteiger partial charge in [0.05, 0.1) is 8.07 Å². The van der Waals surface area contributed by atoms with E-state index in [1.165, 1.54) is 10.9 Å². The van der Waals surface area contributed by atoms with Gasteiger partial charge in [-0.15, -0.1) is 0 Å². The number of aryl methyl sites for hydroxylation is 1. The summed E-state index contributed by atoms with van der Waals surface area (Å²) in [7, 11) is -1.15. The van der Waals surface area contributed by atoms with Gasteiger partial charge in [-0.25, -0.2) is 0 Å². The molecule has 1 heterocycles. The first kappa shape index (κ1) is 11.2. The summed E-state index contributed by atoms with van der Waals surface area (Å²) in [5.74, 6) is 1.00. The molecule has 1 aromatic heterocycles. The highest BCUT2D eigenvalue weighted by Crippen LogP contribution is 2.26. The summed E-state index contributed by atoms with van der Waals surface area (Å²) in [5, 5.41) is 1.22. The van der Waals surface area contributed by atoms with Crippen LogP contribution in [0.3, 0.4) is 0 Å². The highest BCUT2D eigenvalue weighted by Gasteiger charge is 2.10. The van der Waals surface area contributed by atoms with E-state index < -0.39 is 8.07 Å². The molecule has 0 aliphatic heterocycles. The fourth-order valence-electron chi connectivity index (χ4n) is 1.68. The SMILES string of the molecule is Cc1c(/C=C/[Si](C)(C)C)oc2ccccc12. The molecule has 0 fully saturated rings. The Morgan fingerprint density at radius 2 is 1.81 bits per heavy atom. The first-order chi connectivity index (χ1) is 7.47. The van der Waals surface area contributed by atoms with Gasteiger partial charge in [0.1, 0.15) is 11.3 Å². The van der Waals surface area contributed by atoms with Crippen LogP contribution in [-0.2, 0) is 0 Å². The van der Waals surface area contributed by atoms with E-state index in [4.69, 9.17) is 4.42 Å². The lowest BCUT2D eigenvalue weighted by Gasteiger charge is -2.07. The molecule has 0 aliphatic carbocycles. The summed E-state index contributed by atoms with van der Waals surface area (Å²) in [6, 6.07) is 8.20. The van der Waals surface area contributed by atoms with Gasteiger partial charge in [-0.05, 0) is 19.1 Å². The van der Waals surface area contributed by atoms with Crippen molar-refractivity contribution in [2.75, 3.05) is 0 Å². The molecule has 0 saturated heterocycles. The summed E-state index contributed by atoms with van der Waals surface area (Å²) < 4.78 is 5.83. The van der Waals surface area contributed by atoms with Crippen molar-refractivity contribution in [3.63, 3.8) is 0 Å². The van der Waals surface area contributed by atoms with E-state index in [1.807, 2.05) is 12.1 Å². The Morgan fingerprint density at radius 1 is 1.12 bits per heavy atom. The zero-order valence-corrected chi connectivity index (χ0v) is 11.4. The van der Waals surface area contributed by atoms with Crippen LogP contribution in [-0.4, -0.2) is 8.07 Å². The number of hydrogen-bond donors (Lipinski definition) is 0. The molecule has 2 heteroatoms. The van der Waals surface area contributed by atoms with Crippen molar-refractivity contribution in [1.29, 1.82) is 0 Å². The minimum atomic E-state index is -1.15. The number of benzene rings is 1. The van der Waals surface area contributed by atoms with Crippen LogP contribution in [0.25, 0.3) is 17.0 Å². The second-order valence-corrected chi connectivity index (χ2v) is 10.4. The fourth-order valence-corrected chi connectivity index (χ4v) is 2.33. The van der Waals surface area contributed by atoms with Crippen molar-refractivity contribution in [3.05, 3.63) is 41.3 Å². The predicted molar refractivity (Wildman–Crippen MR) is 73.3 cm³/mol. The molecule has 0 bridgehead atoms. The quantitative estimate of drug-likeness (QED) is 0.685. The number of para-hydroxylation sites is 1. The van der Waals surface area contributed by atoms with Crippen LogP contribution in [0, 0.1) is 6.92 Å². The van der Waals surface area contributed by atoms with Gasteiger partial charge in [0.25, 0.3) is 0 Å². The van der Waals surface area contributed by atoms with E-state index in [2.05, 4.69) is 50.5 Å². The van der Waals surface area contributed by atoms with Gasteiger partial charge < -0.3 is 4.42 Å². The lowest BCUT2D eigenvalue weighted by Crippen LogP contribution is -2.15. The summed E-state index contributed by atoms with van der Waals surface area (Å²) in [6.07, 6.45) is 2.14. The van der Waals surface area contributed by atoms with Gasteiger partial charge in [0.15, 0.2) is 0 Å². The minimum Gasteiger partial charge on any atom is -0.456 e. The fraction of sp³-hybridized carbons (Fsp3) is 0.286. The molecule has 84 valence electrons. The first-order valence-electron chi connectivity index (χ1n) is 5.65. The standard InChI is InChI=1S/C14H18OSi/c1-11-12-7-5-6-8-14(12)15-13(11)9-10-16(2,3)4/h5-10H,1-4H3/b10-9+. The molecule has 2 rings (SSSR count). The maximum Gasteiger partial charge on any atom is 0.135 e. The normalized spacial score (nSPS) is 12.8. The number of fused-ring (bicyclic) bond motifs is 1. The van der Waals surface area contributed by atoms with Gasteiger partial charge in [0.2, 0.25) is 0 Å². The van der Waals surface area contributed by atoms with Crippen LogP contribution in [0.2, 0.25) is 19.6 Å². The predicted octanol–water partition coefficient (Wildman–Crippen LogP) is 4.63. The molecule has 0 spiro atoms. The third kappa shape index (κ3) is 2.27. The summed E-state index contributed by atoms with van der Waals surface area (Å²) >= 11 is 0. The van der Waals surface area contributed by atoms with Crippen LogP contribution in [0.15, 0.2) is 34.4 Å². The van der Waals surface area contributed by atoms with Crippen molar-refractivity contribution >= 4 is 25.1 Å². The van der Waals surface area contributed by atoms with Crippen molar-refractivity contribution in [1.82, 2.24) is 0 Å². The second kappa shape index (κ2) is 3.94. The van der Waals surface area contributed by atoms with E-state index in [0.29, 0.717) is 0 Å². The molecule has 0 amide bonds. The number of furan rings is 1. The zero-order valence-electron chi connectivity index (χ0n) is 10.4. The van der Waals surface area contributed by atoms with Crippen LogP contribution in [0.4, 0.5) is 0 Å². The average molecular weight is 230 g/mol. The van der Waals surface area contributed by atoms with Crippen molar-refractivity contribution in [3.8, 4) is 0 Å². The van der Waals surface area contributed by atoms with Crippen molar-refractivity contribution < 1.29 is 4.42 Å². The Balaban J connectivity index is 2.46. The molecule has 0 unspecified atom stereocenters. The van der Waals surface area contributed by atoms with Crippen LogP contribution in [0.1, 0.15) is 11.3 Å². The van der Waals surface area contributed by atoms with Gasteiger partial charge in [-0.1, -0.05) is 43.5 Å². The topological polar surface area (TPSA) is 13.1 Å². The van der Waals surface area contributed by atoms with E-state index in [1.54, 1.807) is 0 Å². The van der Waals surface area contributed by atoms with Gasteiger partial charge in [-0.3, -0.25) is 0 Å². The third-order valence-electron chi connectivity index (χ3n) is 2.62. The molecule has 16 heavy (non-hydrogen) atoms. The highest BCUT2D eigenvalue weighted by molar-refractivity contribution is 6.81. The Morgan fingerprint density at radius 3 is 2.44 bits per heavy atom. The molecule has 1 aromatic carbocycles. The summed E-state index contributed by atoms with van der Waals surface area (Å²) in [4.78, 5) is 0. The highest BCUT2D eigenvalue weighted by atomic mass is 28.3. The Bertz CT molecular complexity index is 529. The molecule has 0 radical (unpaired) electrons. The summed E-state index contributed by atoms with van der Waals surface area (Å²) in [5.41, 5.74) is 4.54. The maximum atomic E-state index is 5.83. The molecule has 0 aliphatic rings. The molecule has 0 N–H and O–H groups in total. The lowest BCUT2D eigenvalue weighted by atomic mass is 10.1. The molecule has 2 aromatic rings. The van der Waals surface area contributed by atoms with E-state index in [9.17, 15) is 0 Å². The molecular formula is C14H18OSi. The molecular weight excluding hydrogens is 212 g/mol. The second-order valence-electron chi connectivity index (χ2n) is 5.29. The summed E-state index contributed by atoms with van der Waals surface area (Å²) in [6.45, 7) is 9.08. The monoisotopic (exact) mass is 230 g/mol. The van der Waals surface area contributed by atoms with Crippen LogP contribution >= 0.6 is 0 Å². The van der Waals surface area contributed by atoms with Gasteiger partial charge in [0, 0.05) is 10.9 Å². The van der Waals surface area contributed by atoms with Crippen molar-refractivity contribution in [2.45, 2.75) is 26.6 Å². The van der Waals surface area contributed by atoms with Crippen LogP contribution < -0.4 is 0 Å². The zero-order chi connectivity index (χ0) is 11.8. The number of hydrogen-bond acceptors (Lipinski definition) is 1. The maximum absolute atomic E-state index is 5.83. The Hall–Kier alpha value is -1.28. The van der Waals surface area contributed by atoms with Gasteiger partial charge in [-0.2, -0.15) is 0 Å². The van der Waals surface area contributed by atoms with E-state index >= 15 is 0 Å². The average Bonchev–Trinajstić information content (AvgIpc) is 2.53. The Kier molecular flexibility index (Phi) is 2.76. The largest absolute Gasteiger partial charge is 0.456 e. The smallest absolute Gasteiger partial charge is 0.135 e.